The number of para-hydroxylation sites is 1. The lowest BCUT2D eigenvalue weighted by Gasteiger charge is -2.18. The maximum Gasteiger partial charge on any atom is 0.271 e. The Hall–Kier alpha value is -3.10. The van der Waals surface area contributed by atoms with Gasteiger partial charge in [0.1, 0.15) is 11.5 Å². The fourth-order valence-corrected chi connectivity index (χ4v) is 3.98. The molecule has 1 atom stereocenters. The van der Waals surface area contributed by atoms with Gasteiger partial charge in [0.25, 0.3) is 5.91 Å². The third-order valence-electron chi connectivity index (χ3n) is 5.29. The molecule has 0 bridgehead atoms. The lowest BCUT2D eigenvalue weighted by Crippen LogP contribution is -2.37. The number of carbonyl (C=O) groups is 1. The second-order valence-electron chi connectivity index (χ2n) is 7.40. The van der Waals surface area contributed by atoms with Crippen LogP contribution in [0.4, 0.5) is 0 Å². The van der Waals surface area contributed by atoms with Gasteiger partial charge in [-0.25, -0.2) is 4.68 Å². The van der Waals surface area contributed by atoms with Crippen molar-refractivity contribution in [2.45, 2.75) is 19.0 Å². The monoisotopic (exact) mass is 441 g/mol. The smallest absolute Gasteiger partial charge is 0.271 e. The third-order valence-corrected chi connectivity index (χ3v) is 5.61. The van der Waals surface area contributed by atoms with Crippen LogP contribution in [0.1, 0.15) is 22.5 Å². The summed E-state index contributed by atoms with van der Waals surface area (Å²) in [6.07, 6.45) is 2.31. The van der Waals surface area contributed by atoms with E-state index in [2.05, 4.69) is 20.5 Å². The van der Waals surface area contributed by atoms with E-state index >= 15 is 0 Å². The molecule has 1 amide bonds. The zero-order chi connectivity index (χ0) is 21.8. The normalized spacial score (nSPS) is 16.3. The van der Waals surface area contributed by atoms with E-state index in [0.717, 1.165) is 43.1 Å². The van der Waals surface area contributed by atoms with Crippen LogP contribution in [0.5, 0.6) is 11.5 Å². The van der Waals surface area contributed by atoms with E-state index < -0.39 is 0 Å². The summed E-state index contributed by atoms with van der Waals surface area (Å²) in [5.74, 6) is 1.30. The second kappa shape index (κ2) is 9.36. The Morgan fingerprint density at radius 2 is 1.94 bits per heavy atom. The molecule has 9 heteroatoms. The minimum atomic E-state index is -0.222. The number of hydrogen-bond acceptors (Lipinski definition) is 6. The number of nitrogens with zero attached hydrogens (tertiary/aromatic N) is 4. The van der Waals surface area contributed by atoms with E-state index in [-0.39, 0.29) is 11.9 Å². The van der Waals surface area contributed by atoms with Crippen LogP contribution in [0.3, 0.4) is 0 Å². The molecule has 4 rings (SSSR count). The molecule has 1 aliphatic heterocycles. The van der Waals surface area contributed by atoms with Gasteiger partial charge >= 0.3 is 0 Å². The summed E-state index contributed by atoms with van der Waals surface area (Å²) in [7, 11) is 3.28. The molecular formula is C22H24ClN5O3. The summed E-state index contributed by atoms with van der Waals surface area (Å²) >= 11 is 6.26. The van der Waals surface area contributed by atoms with Gasteiger partial charge < -0.3 is 14.8 Å². The molecule has 1 unspecified atom stereocenters. The first-order valence-electron chi connectivity index (χ1n) is 9.98. The number of likely N-dealkylation sites (tertiary alicyclic amines) is 1. The first-order valence-corrected chi connectivity index (χ1v) is 10.4. The fourth-order valence-electron chi connectivity index (χ4n) is 3.76. The first-order chi connectivity index (χ1) is 15.1. The second-order valence-corrected chi connectivity index (χ2v) is 7.80. The standard InChI is InChI=1S/C22H24ClN5O3/c1-30-17-9-15(10-18(11-17)31-2)13-27-8-7-16(14-27)25-22(29)21-12-24-26-28(21)20-6-4-3-5-19(20)23/h3-6,9-12,16H,7-8,13-14H2,1-2H3,(H,25,29). The molecule has 1 aromatic heterocycles. The van der Waals surface area contributed by atoms with Crippen LogP contribution in [0.25, 0.3) is 5.69 Å². The minimum absolute atomic E-state index is 0.0367. The largest absolute Gasteiger partial charge is 0.497 e. The summed E-state index contributed by atoms with van der Waals surface area (Å²) in [5.41, 5.74) is 2.07. The Morgan fingerprint density at radius 3 is 2.65 bits per heavy atom. The van der Waals surface area contributed by atoms with Crippen molar-refractivity contribution >= 4 is 17.5 Å². The molecule has 1 aliphatic rings. The number of hydrogen-bond donors (Lipinski definition) is 1. The quantitative estimate of drug-likeness (QED) is 0.607. The molecule has 31 heavy (non-hydrogen) atoms. The van der Waals surface area contributed by atoms with E-state index in [0.29, 0.717) is 16.4 Å². The number of nitrogens with one attached hydrogen (secondary N) is 1. The number of aromatic nitrogens is 3. The van der Waals surface area contributed by atoms with E-state index in [4.69, 9.17) is 21.1 Å². The van der Waals surface area contributed by atoms with Crippen molar-refractivity contribution in [2.24, 2.45) is 0 Å². The minimum Gasteiger partial charge on any atom is -0.497 e. The topological polar surface area (TPSA) is 81.5 Å². The summed E-state index contributed by atoms with van der Waals surface area (Å²) in [6, 6.07) is 13.1. The zero-order valence-corrected chi connectivity index (χ0v) is 18.2. The Balaban J connectivity index is 1.40. The van der Waals surface area contributed by atoms with Crippen molar-refractivity contribution < 1.29 is 14.3 Å². The summed E-state index contributed by atoms with van der Waals surface area (Å²) in [6.45, 7) is 2.38. The van der Waals surface area contributed by atoms with Gasteiger partial charge in [-0.1, -0.05) is 28.9 Å². The maximum absolute atomic E-state index is 12.9. The zero-order valence-electron chi connectivity index (χ0n) is 17.4. The molecule has 3 aromatic rings. The van der Waals surface area contributed by atoms with E-state index in [1.54, 1.807) is 26.4 Å². The van der Waals surface area contributed by atoms with Gasteiger partial charge in [-0.3, -0.25) is 9.69 Å². The lowest BCUT2D eigenvalue weighted by molar-refractivity contribution is 0.0929. The molecule has 1 fully saturated rings. The number of halogens is 1. The summed E-state index contributed by atoms with van der Waals surface area (Å²) in [5, 5.41) is 11.5. The molecule has 8 nitrogen and oxygen atoms in total. The van der Waals surface area contributed by atoms with Crippen LogP contribution < -0.4 is 14.8 Å². The predicted molar refractivity (Wildman–Crippen MR) is 117 cm³/mol. The van der Waals surface area contributed by atoms with Gasteiger partial charge in [-0.15, -0.1) is 5.10 Å². The molecule has 1 saturated heterocycles. The van der Waals surface area contributed by atoms with Crippen molar-refractivity contribution in [3.8, 4) is 17.2 Å². The maximum atomic E-state index is 12.9. The van der Waals surface area contributed by atoms with Gasteiger partial charge in [0.15, 0.2) is 5.69 Å². The highest BCUT2D eigenvalue weighted by Crippen LogP contribution is 2.25. The van der Waals surface area contributed by atoms with Gasteiger partial charge in [-0.05, 0) is 36.2 Å². The van der Waals surface area contributed by atoms with Crippen molar-refractivity contribution in [2.75, 3.05) is 27.3 Å². The highest BCUT2D eigenvalue weighted by atomic mass is 35.5. The van der Waals surface area contributed by atoms with E-state index in [1.807, 2.05) is 30.3 Å². The molecule has 2 heterocycles. The number of methoxy groups -OCH3 is 2. The predicted octanol–water partition coefficient (Wildman–Crippen LogP) is 2.94. The van der Waals surface area contributed by atoms with Crippen LogP contribution in [0.15, 0.2) is 48.7 Å². The molecule has 0 spiro atoms. The molecule has 162 valence electrons. The van der Waals surface area contributed by atoms with Gasteiger partial charge in [0.2, 0.25) is 0 Å². The Labute approximate surface area is 185 Å². The molecule has 0 radical (unpaired) electrons. The van der Waals surface area contributed by atoms with Crippen LogP contribution in [-0.2, 0) is 6.54 Å². The number of ether oxygens (including phenoxy) is 2. The fraction of sp³-hybridized carbons (Fsp3) is 0.318. The van der Waals surface area contributed by atoms with Crippen molar-refractivity contribution in [3.05, 3.63) is 64.9 Å². The van der Waals surface area contributed by atoms with Crippen LogP contribution in [-0.4, -0.2) is 59.2 Å². The van der Waals surface area contributed by atoms with Crippen LogP contribution >= 0.6 is 11.6 Å². The summed E-state index contributed by atoms with van der Waals surface area (Å²) in [4.78, 5) is 15.2. The third kappa shape index (κ3) is 4.81. The molecule has 0 saturated carbocycles. The van der Waals surface area contributed by atoms with E-state index in [9.17, 15) is 4.79 Å². The molecule has 0 aliphatic carbocycles. The highest BCUT2D eigenvalue weighted by Gasteiger charge is 2.26. The van der Waals surface area contributed by atoms with Gasteiger partial charge in [0.05, 0.1) is 31.1 Å². The Morgan fingerprint density at radius 1 is 1.19 bits per heavy atom. The average Bonchev–Trinajstić information content (AvgIpc) is 3.43. The van der Waals surface area contributed by atoms with Crippen LogP contribution in [0.2, 0.25) is 5.02 Å². The van der Waals surface area contributed by atoms with Gasteiger partial charge in [-0.2, -0.15) is 0 Å². The average molecular weight is 442 g/mol. The SMILES string of the molecule is COc1cc(CN2CCC(NC(=O)c3cnnn3-c3ccccc3Cl)C2)cc(OC)c1. The van der Waals surface area contributed by atoms with Crippen molar-refractivity contribution in [3.63, 3.8) is 0 Å². The Kier molecular flexibility index (Phi) is 6.39. The number of carbonyl (C=O) groups excluding carboxylic acids is 1. The number of benzene rings is 2. The molecular weight excluding hydrogens is 418 g/mol. The number of amides is 1. The molecule has 1 N–H and O–H groups in total. The van der Waals surface area contributed by atoms with E-state index in [1.165, 1.54) is 10.9 Å². The number of rotatable bonds is 7. The van der Waals surface area contributed by atoms with Gasteiger partial charge in [0, 0.05) is 31.7 Å². The van der Waals surface area contributed by atoms with Crippen molar-refractivity contribution in [1.29, 1.82) is 0 Å². The van der Waals surface area contributed by atoms with Crippen molar-refractivity contribution in [1.82, 2.24) is 25.2 Å². The molecule has 2 aromatic carbocycles. The van der Waals surface area contributed by atoms with Crippen LogP contribution in [0, 0.1) is 0 Å². The highest BCUT2D eigenvalue weighted by molar-refractivity contribution is 6.32. The lowest BCUT2D eigenvalue weighted by atomic mass is 10.2. The first kappa shape index (κ1) is 21.1. The Bertz CT molecular complexity index is 1050. The summed E-state index contributed by atoms with van der Waals surface area (Å²) < 4.78 is 12.2.